The third kappa shape index (κ3) is 5.18. The quantitative estimate of drug-likeness (QED) is 0.174. The Balaban J connectivity index is 1.04. The van der Waals surface area contributed by atoms with E-state index in [1.54, 1.807) is 0 Å². The molecule has 0 saturated carbocycles. The topological polar surface area (TPSA) is 16.4 Å². The van der Waals surface area contributed by atoms with E-state index in [4.69, 9.17) is 4.42 Å². The van der Waals surface area contributed by atoms with Crippen molar-refractivity contribution in [3.05, 3.63) is 199 Å². The van der Waals surface area contributed by atoms with Gasteiger partial charge in [0.2, 0.25) is 0 Å². The van der Waals surface area contributed by atoms with Gasteiger partial charge < -0.3 is 9.32 Å². The zero-order chi connectivity index (χ0) is 35.5. The molecule has 0 saturated heterocycles. The molecule has 8 aromatic carbocycles. The summed E-state index contributed by atoms with van der Waals surface area (Å²) in [5.74, 6) is 0. The van der Waals surface area contributed by atoms with Crippen molar-refractivity contribution in [2.75, 3.05) is 4.90 Å². The Bertz CT molecular complexity index is 2790. The first-order chi connectivity index (χ1) is 26.0. The van der Waals surface area contributed by atoms with Crippen molar-refractivity contribution >= 4 is 39.0 Å². The Kier molecular flexibility index (Phi) is 7.19. The first-order valence-electron chi connectivity index (χ1n) is 18.3. The number of anilines is 3. The van der Waals surface area contributed by atoms with Crippen molar-refractivity contribution in [3.8, 4) is 44.5 Å². The third-order valence-corrected chi connectivity index (χ3v) is 11.1. The number of hydrogen-bond donors (Lipinski definition) is 0. The molecule has 1 aromatic heterocycles. The summed E-state index contributed by atoms with van der Waals surface area (Å²) in [4.78, 5) is 2.39. The number of fused-ring (bicyclic) bond motifs is 6. The van der Waals surface area contributed by atoms with Gasteiger partial charge in [0.15, 0.2) is 0 Å². The van der Waals surface area contributed by atoms with Gasteiger partial charge in [-0.25, -0.2) is 0 Å². The lowest BCUT2D eigenvalue weighted by atomic mass is 9.82. The summed E-state index contributed by atoms with van der Waals surface area (Å²) in [5, 5.41) is 2.29. The van der Waals surface area contributed by atoms with Crippen LogP contribution in [0, 0.1) is 0 Å². The van der Waals surface area contributed by atoms with Crippen LogP contribution in [0.4, 0.5) is 17.1 Å². The monoisotopic (exact) mass is 679 g/mol. The van der Waals surface area contributed by atoms with Crippen molar-refractivity contribution in [1.82, 2.24) is 0 Å². The van der Waals surface area contributed by atoms with E-state index in [0.29, 0.717) is 0 Å². The smallest absolute Gasteiger partial charge is 0.143 e. The van der Waals surface area contributed by atoms with Crippen LogP contribution in [-0.4, -0.2) is 0 Å². The summed E-state index contributed by atoms with van der Waals surface area (Å²) in [7, 11) is 0. The van der Waals surface area contributed by atoms with Gasteiger partial charge >= 0.3 is 0 Å². The van der Waals surface area contributed by atoms with Crippen LogP contribution in [0.1, 0.15) is 25.0 Å². The molecule has 9 aromatic rings. The maximum Gasteiger partial charge on any atom is 0.143 e. The second-order valence-electron chi connectivity index (χ2n) is 14.6. The highest BCUT2D eigenvalue weighted by molar-refractivity contribution is 6.09. The summed E-state index contributed by atoms with van der Waals surface area (Å²) in [6.45, 7) is 4.69. The number of furan rings is 1. The summed E-state index contributed by atoms with van der Waals surface area (Å²) in [6.07, 6.45) is 0. The van der Waals surface area contributed by atoms with Crippen LogP contribution in [0.15, 0.2) is 192 Å². The maximum absolute atomic E-state index is 6.40. The Labute approximate surface area is 310 Å². The van der Waals surface area contributed by atoms with Crippen LogP contribution in [0.3, 0.4) is 0 Å². The largest absolute Gasteiger partial charge is 0.455 e. The fourth-order valence-corrected chi connectivity index (χ4v) is 8.36. The summed E-state index contributed by atoms with van der Waals surface area (Å²) in [5.41, 5.74) is 17.5. The van der Waals surface area contributed by atoms with E-state index in [1.807, 2.05) is 12.1 Å². The second-order valence-corrected chi connectivity index (χ2v) is 14.6. The highest BCUT2D eigenvalue weighted by atomic mass is 16.3. The zero-order valence-electron chi connectivity index (χ0n) is 29.8. The maximum atomic E-state index is 6.40. The number of rotatable bonds is 6. The molecule has 0 unspecified atom stereocenters. The second kappa shape index (κ2) is 12.3. The predicted octanol–water partition coefficient (Wildman–Crippen LogP) is 14.4. The van der Waals surface area contributed by atoms with Gasteiger partial charge in [-0.15, -0.1) is 0 Å². The number of nitrogens with zero attached hydrogens (tertiary/aromatic N) is 1. The van der Waals surface area contributed by atoms with Crippen LogP contribution in [0.25, 0.3) is 66.4 Å². The highest BCUT2D eigenvalue weighted by Crippen LogP contribution is 2.50. The SMILES string of the molecule is CC1(C)c2ccccc2-c2ccc(N(c3ccc(-c4ccccc4)cc3)c3ccc(-c4cccc(-c5cccc6c5oc5ccccc56)c4)cc3)cc21. The standard InChI is InChI=1S/C51H37NO/c1-51(2)47-20-8-6-16-43(47)44-31-30-41(33-48(44)51)52(39-26-22-35(23-27-39)34-12-4-3-5-13-34)40-28-24-36(25-29-40)37-14-10-15-38(32-37)42-18-11-19-46-45-17-7-9-21-49(45)53-50(42)46/h3-33H,1-2H3. The van der Waals surface area contributed by atoms with Crippen molar-refractivity contribution in [1.29, 1.82) is 0 Å². The predicted molar refractivity (Wildman–Crippen MR) is 222 cm³/mol. The molecule has 252 valence electrons. The van der Waals surface area contributed by atoms with Crippen molar-refractivity contribution in [3.63, 3.8) is 0 Å². The van der Waals surface area contributed by atoms with Gasteiger partial charge in [-0.05, 0) is 98.6 Å². The third-order valence-electron chi connectivity index (χ3n) is 11.1. The van der Waals surface area contributed by atoms with E-state index in [9.17, 15) is 0 Å². The molecule has 1 heterocycles. The van der Waals surface area contributed by atoms with Crippen molar-refractivity contribution in [2.45, 2.75) is 19.3 Å². The molecule has 2 heteroatoms. The van der Waals surface area contributed by atoms with Gasteiger partial charge in [-0.2, -0.15) is 0 Å². The average Bonchev–Trinajstić information content (AvgIpc) is 3.71. The van der Waals surface area contributed by atoms with E-state index in [1.165, 1.54) is 33.4 Å². The molecule has 1 aliphatic rings. The van der Waals surface area contributed by atoms with E-state index < -0.39 is 0 Å². The molecule has 0 bridgehead atoms. The van der Waals surface area contributed by atoms with Gasteiger partial charge in [-0.3, -0.25) is 0 Å². The fourth-order valence-electron chi connectivity index (χ4n) is 8.36. The molecule has 53 heavy (non-hydrogen) atoms. The molecule has 0 spiro atoms. The minimum Gasteiger partial charge on any atom is -0.455 e. The number of para-hydroxylation sites is 2. The van der Waals surface area contributed by atoms with Crippen molar-refractivity contribution in [2.24, 2.45) is 0 Å². The Hall–Kier alpha value is -6.64. The van der Waals surface area contributed by atoms with Crippen LogP contribution >= 0.6 is 0 Å². The molecule has 0 amide bonds. The normalized spacial score (nSPS) is 12.9. The summed E-state index contributed by atoms with van der Waals surface area (Å²) in [6, 6.07) is 67.8. The summed E-state index contributed by atoms with van der Waals surface area (Å²) < 4.78 is 6.40. The van der Waals surface area contributed by atoms with E-state index in [-0.39, 0.29) is 5.41 Å². The van der Waals surface area contributed by atoms with E-state index >= 15 is 0 Å². The molecule has 0 fully saturated rings. The van der Waals surface area contributed by atoms with Crippen LogP contribution in [0.5, 0.6) is 0 Å². The lowest BCUT2D eigenvalue weighted by Gasteiger charge is -2.28. The van der Waals surface area contributed by atoms with Crippen molar-refractivity contribution < 1.29 is 4.42 Å². The summed E-state index contributed by atoms with van der Waals surface area (Å²) >= 11 is 0. The van der Waals surface area contributed by atoms with E-state index in [0.717, 1.165) is 61.3 Å². The first-order valence-corrected chi connectivity index (χ1v) is 18.3. The number of benzene rings is 8. The van der Waals surface area contributed by atoms with Gasteiger partial charge in [0.25, 0.3) is 0 Å². The van der Waals surface area contributed by atoms with Gasteiger partial charge in [0.1, 0.15) is 11.2 Å². The minimum atomic E-state index is -0.0909. The van der Waals surface area contributed by atoms with Crippen LogP contribution < -0.4 is 4.90 Å². The Morgan fingerprint density at radius 3 is 1.72 bits per heavy atom. The number of hydrogen-bond acceptors (Lipinski definition) is 2. The van der Waals surface area contributed by atoms with Gasteiger partial charge in [0.05, 0.1) is 0 Å². The molecular weight excluding hydrogens is 643 g/mol. The molecule has 1 aliphatic carbocycles. The van der Waals surface area contributed by atoms with Gasteiger partial charge in [0, 0.05) is 38.8 Å². The Morgan fingerprint density at radius 2 is 0.925 bits per heavy atom. The Morgan fingerprint density at radius 1 is 0.377 bits per heavy atom. The molecule has 0 N–H and O–H groups in total. The average molecular weight is 680 g/mol. The van der Waals surface area contributed by atoms with Crippen LogP contribution in [-0.2, 0) is 5.41 Å². The zero-order valence-corrected chi connectivity index (χ0v) is 29.8. The van der Waals surface area contributed by atoms with Crippen LogP contribution in [0.2, 0.25) is 0 Å². The lowest BCUT2D eigenvalue weighted by Crippen LogP contribution is -2.16. The molecule has 10 rings (SSSR count). The first kappa shape index (κ1) is 31.1. The molecular formula is C51H37NO. The molecule has 0 radical (unpaired) electrons. The fraction of sp³-hybridized carbons (Fsp3) is 0.0588. The van der Waals surface area contributed by atoms with E-state index in [2.05, 4.69) is 195 Å². The molecule has 2 nitrogen and oxygen atoms in total. The molecule has 0 aliphatic heterocycles. The van der Waals surface area contributed by atoms with Gasteiger partial charge in [-0.1, -0.05) is 153 Å². The highest BCUT2D eigenvalue weighted by Gasteiger charge is 2.35. The molecule has 0 atom stereocenters. The lowest BCUT2D eigenvalue weighted by molar-refractivity contribution is 0.660. The minimum absolute atomic E-state index is 0.0909.